The normalized spacial score (nSPS) is 16.5. The molecule has 0 aliphatic carbocycles. The van der Waals surface area contributed by atoms with Gasteiger partial charge >= 0.3 is 0 Å². The molecule has 0 saturated carbocycles. The van der Waals surface area contributed by atoms with Crippen LogP contribution in [0.5, 0.6) is 0 Å². The Labute approximate surface area is 182 Å². The molecular weight excluding hydrogens is 442 g/mol. The van der Waals surface area contributed by atoms with Crippen molar-refractivity contribution in [1.29, 1.82) is 0 Å². The molecule has 1 aliphatic heterocycles. The first-order valence-electron chi connectivity index (χ1n) is 9.82. The molecule has 1 aromatic carbocycles. The monoisotopic (exact) mass is 462 g/mol. The Balaban J connectivity index is 1.72. The minimum Gasteiger partial charge on any atom is -0.354 e. The van der Waals surface area contributed by atoms with Crippen molar-refractivity contribution < 1.29 is 22.0 Å². The van der Waals surface area contributed by atoms with Gasteiger partial charge in [-0.1, -0.05) is 12.1 Å². The summed E-state index contributed by atoms with van der Waals surface area (Å²) >= 11 is 0. The highest BCUT2D eigenvalue weighted by molar-refractivity contribution is 7.89. The zero-order valence-electron chi connectivity index (χ0n) is 16.8. The summed E-state index contributed by atoms with van der Waals surface area (Å²) in [6.07, 6.45) is 0.841. The SMILES string of the molecule is NS(=O)(=O)c1cc(NC(=O)c2nc3ccccc3nc2N2CCCC(F)(F)CC2)ccn1. The average molecular weight is 462 g/mol. The Kier molecular flexibility index (Phi) is 5.73. The van der Waals surface area contributed by atoms with Gasteiger partial charge in [-0.05, 0) is 24.6 Å². The van der Waals surface area contributed by atoms with E-state index in [1.54, 1.807) is 29.2 Å². The number of para-hydroxylation sites is 2. The number of anilines is 2. The number of nitrogens with one attached hydrogen (secondary N) is 1. The van der Waals surface area contributed by atoms with Crippen molar-refractivity contribution in [1.82, 2.24) is 15.0 Å². The van der Waals surface area contributed by atoms with Crippen LogP contribution in [0.25, 0.3) is 11.0 Å². The summed E-state index contributed by atoms with van der Waals surface area (Å²) in [6, 6.07) is 9.43. The highest BCUT2D eigenvalue weighted by atomic mass is 32.2. The number of sulfonamides is 1. The van der Waals surface area contributed by atoms with Crippen LogP contribution in [-0.2, 0) is 10.0 Å². The lowest BCUT2D eigenvalue weighted by Crippen LogP contribution is -2.30. The standard InChI is InChI=1S/C20H20F2N6O3S/c21-20(22)7-3-10-28(11-8-20)18-17(26-14-4-1-2-5-15(14)27-18)19(29)25-13-6-9-24-16(12-13)32(23,30)31/h1-2,4-6,9,12H,3,7-8,10-11H2,(H2,23,30,31)(H,24,25,29). The summed E-state index contributed by atoms with van der Waals surface area (Å²) in [5.41, 5.74) is 1.07. The average Bonchev–Trinajstić information content (AvgIpc) is 2.92. The smallest absolute Gasteiger partial charge is 0.278 e. The van der Waals surface area contributed by atoms with E-state index < -0.39 is 26.9 Å². The summed E-state index contributed by atoms with van der Waals surface area (Å²) in [4.78, 5) is 27.4. The van der Waals surface area contributed by atoms with Crippen molar-refractivity contribution in [3.63, 3.8) is 0 Å². The van der Waals surface area contributed by atoms with E-state index in [0.29, 0.717) is 17.6 Å². The molecule has 1 saturated heterocycles. The predicted octanol–water partition coefficient (Wildman–Crippen LogP) is 2.55. The number of rotatable bonds is 4. The Morgan fingerprint density at radius 2 is 1.81 bits per heavy atom. The largest absolute Gasteiger partial charge is 0.354 e. The van der Waals surface area contributed by atoms with Crippen molar-refractivity contribution >= 4 is 38.5 Å². The number of nitrogens with zero attached hydrogens (tertiary/aromatic N) is 4. The van der Waals surface area contributed by atoms with Crippen molar-refractivity contribution in [2.75, 3.05) is 23.3 Å². The van der Waals surface area contributed by atoms with Gasteiger partial charge in [0.2, 0.25) is 5.92 Å². The molecule has 0 atom stereocenters. The van der Waals surface area contributed by atoms with E-state index >= 15 is 0 Å². The highest BCUT2D eigenvalue weighted by Crippen LogP contribution is 2.31. The number of carbonyl (C=O) groups is 1. The first-order valence-corrected chi connectivity index (χ1v) is 11.4. The second kappa shape index (κ2) is 8.36. The Morgan fingerprint density at radius 3 is 2.53 bits per heavy atom. The molecule has 32 heavy (non-hydrogen) atoms. The lowest BCUT2D eigenvalue weighted by atomic mass is 10.1. The second-order valence-electron chi connectivity index (χ2n) is 7.46. The fraction of sp³-hybridized carbons (Fsp3) is 0.300. The van der Waals surface area contributed by atoms with Crippen molar-refractivity contribution in [2.24, 2.45) is 5.14 Å². The molecule has 1 fully saturated rings. The van der Waals surface area contributed by atoms with Crippen LogP contribution in [-0.4, -0.2) is 48.3 Å². The van der Waals surface area contributed by atoms with Crippen molar-refractivity contribution in [3.05, 3.63) is 48.3 Å². The molecule has 3 N–H and O–H groups in total. The van der Waals surface area contributed by atoms with E-state index in [1.807, 2.05) is 0 Å². The van der Waals surface area contributed by atoms with Crippen molar-refractivity contribution in [3.8, 4) is 0 Å². The maximum Gasteiger partial charge on any atom is 0.278 e. The minimum absolute atomic E-state index is 0.0190. The molecule has 1 amide bonds. The number of nitrogens with two attached hydrogens (primary N) is 1. The van der Waals surface area contributed by atoms with E-state index in [-0.39, 0.29) is 43.0 Å². The highest BCUT2D eigenvalue weighted by Gasteiger charge is 2.33. The van der Waals surface area contributed by atoms with Crippen molar-refractivity contribution in [2.45, 2.75) is 30.2 Å². The van der Waals surface area contributed by atoms with Gasteiger partial charge in [0.25, 0.3) is 15.9 Å². The number of halogens is 2. The van der Waals surface area contributed by atoms with Gasteiger partial charge in [-0.3, -0.25) is 4.79 Å². The maximum absolute atomic E-state index is 13.9. The van der Waals surface area contributed by atoms with Gasteiger partial charge in [-0.2, -0.15) is 0 Å². The van der Waals surface area contributed by atoms with E-state index in [9.17, 15) is 22.0 Å². The molecule has 0 spiro atoms. The van der Waals surface area contributed by atoms with Crippen LogP contribution in [0.2, 0.25) is 0 Å². The van der Waals surface area contributed by atoms with Crippen LogP contribution in [0.15, 0.2) is 47.6 Å². The molecule has 0 unspecified atom stereocenters. The minimum atomic E-state index is -4.06. The quantitative estimate of drug-likeness (QED) is 0.609. The van der Waals surface area contributed by atoms with Gasteiger partial charge in [-0.25, -0.2) is 37.3 Å². The number of primary sulfonamides is 1. The van der Waals surface area contributed by atoms with Crippen LogP contribution < -0.4 is 15.4 Å². The number of alkyl halides is 2. The number of amides is 1. The predicted molar refractivity (Wildman–Crippen MR) is 114 cm³/mol. The van der Waals surface area contributed by atoms with Gasteiger partial charge in [0.15, 0.2) is 16.5 Å². The summed E-state index contributed by atoms with van der Waals surface area (Å²) < 4.78 is 50.9. The van der Waals surface area contributed by atoms with Crippen LogP contribution in [0.1, 0.15) is 29.8 Å². The molecule has 3 heterocycles. The molecule has 3 aromatic rings. The third-order valence-electron chi connectivity index (χ3n) is 5.07. The first-order chi connectivity index (χ1) is 15.1. The number of benzene rings is 1. The number of aromatic nitrogens is 3. The Morgan fingerprint density at radius 1 is 1.09 bits per heavy atom. The van der Waals surface area contributed by atoms with Crippen LogP contribution in [0.4, 0.5) is 20.3 Å². The molecule has 168 valence electrons. The molecule has 9 nitrogen and oxygen atoms in total. The second-order valence-corrected chi connectivity index (χ2v) is 8.97. The summed E-state index contributed by atoms with van der Waals surface area (Å²) in [6.45, 7) is 0.318. The molecular formula is C20H20F2N6O3S. The maximum atomic E-state index is 13.9. The summed E-state index contributed by atoms with van der Waals surface area (Å²) in [7, 11) is -4.06. The van der Waals surface area contributed by atoms with E-state index in [1.165, 1.54) is 12.3 Å². The molecule has 4 rings (SSSR count). The van der Waals surface area contributed by atoms with Crippen LogP contribution in [0.3, 0.4) is 0 Å². The third-order valence-corrected chi connectivity index (χ3v) is 5.88. The Bertz CT molecular complexity index is 1290. The van der Waals surface area contributed by atoms with Crippen LogP contribution >= 0.6 is 0 Å². The van der Waals surface area contributed by atoms with Crippen LogP contribution in [0, 0.1) is 0 Å². The lowest BCUT2D eigenvalue weighted by molar-refractivity contribution is -0.0102. The molecule has 0 radical (unpaired) electrons. The number of carbonyl (C=O) groups excluding carboxylic acids is 1. The summed E-state index contributed by atoms with van der Waals surface area (Å²) in [5, 5.41) is 7.26. The van der Waals surface area contributed by atoms with E-state index in [2.05, 4.69) is 20.3 Å². The molecule has 2 aromatic heterocycles. The third kappa shape index (κ3) is 4.81. The summed E-state index contributed by atoms with van der Waals surface area (Å²) in [5.74, 6) is -3.25. The molecule has 12 heteroatoms. The zero-order chi connectivity index (χ0) is 22.9. The van der Waals surface area contributed by atoms with Gasteiger partial charge in [0, 0.05) is 43.9 Å². The van der Waals surface area contributed by atoms with Gasteiger partial charge in [-0.15, -0.1) is 0 Å². The fourth-order valence-electron chi connectivity index (χ4n) is 3.47. The number of hydrogen-bond donors (Lipinski definition) is 2. The number of hydrogen-bond acceptors (Lipinski definition) is 7. The number of pyridine rings is 1. The first kappa shape index (κ1) is 22.0. The molecule has 1 aliphatic rings. The number of fused-ring (bicyclic) bond motifs is 1. The topological polar surface area (TPSA) is 131 Å². The lowest BCUT2D eigenvalue weighted by Gasteiger charge is -2.24. The van der Waals surface area contributed by atoms with E-state index in [4.69, 9.17) is 5.14 Å². The fourth-order valence-corrected chi connectivity index (χ4v) is 3.97. The Hall–Kier alpha value is -3.25. The van der Waals surface area contributed by atoms with E-state index in [0.717, 1.165) is 6.07 Å². The zero-order valence-corrected chi connectivity index (χ0v) is 17.6. The van der Waals surface area contributed by atoms with Gasteiger partial charge < -0.3 is 10.2 Å². The molecule has 0 bridgehead atoms. The van der Waals surface area contributed by atoms with Gasteiger partial charge in [0.1, 0.15) is 0 Å². The van der Waals surface area contributed by atoms with Gasteiger partial charge in [0.05, 0.1) is 11.0 Å².